The molecule has 2 unspecified atom stereocenters. The van der Waals surface area contributed by atoms with E-state index in [0.29, 0.717) is 10.9 Å². The van der Waals surface area contributed by atoms with E-state index in [1.807, 2.05) is 42.6 Å². The van der Waals surface area contributed by atoms with Crippen LogP contribution in [0.3, 0.4) is 0 Å². The van der Waals surface area contributed by atoms with Crippen LogP contribution in [-0.4, -0.2) is 28.9 Å². The highest BCUT2D eigenvalue weighted by molar-refractivity contribution is 7.80. The number of anilines is 1. The molecular weight excluding hydrogens is 444 g/mol. The van der Waals surface area contributed by atoms with Crippen LogP contribution in [-0.2, 0) is 0 Å². The summed E-state index contributed by atoms with van der Waals surface area (Å²) >= 11 is 5.89. The van der Waals surface area contributed by atoms with E-state index in [0.717, 1.165) is 28.5 Å². The number of hydrogen-bond acceptors (Lipinski definition) is 4. The molecule has 6 nitrogen and oxygen atoms in total. The molecule has 5 rings (SSSR count). The zero-order chi connectivity index (χ0) is 23.7. The Morgan fingerprint density at radius 3 is 2.47 bits per heavy atom. The second kappa shape index (κ2) is 9.19. The van der Waals surface area contributed by atoms with Crippen LogP contribution in [0.1, 0.15) is 29.0 Å². The van der Waals surface area contributed by atoms with Gasteiger partial charge in [0, 0.05) is 29.8 Å². The molecule has 4 aromatic rings. The van der Waals surface area contributed by atoms with Gasteiger partial charge in [-0.15, -0.1) is 0 Å². The van der Waals surface area contributed by atoms with Crippen LogP contribution in [0.2, 0.25) is 0 Å². The fourth-order valence-electron chi connectivity index (χ4n) is 4.47. The predicted molar refractivity (Wildman–Crippen MR) is 138 cm³/mol. The number of ether oxygens (including phenoxy) is 2. The lowest BCUT2D eigenvalue weighted by atomic mass is 10.0. The van der Waals surface area contributed by atoms with Crippen LogP contribution >= 0.6 is 12.2 Å². The first-order valence-electron chi connectivity index (χ1n) is 11.1. The topological polar surface area (TPSA) is 51.5 Å². The van der Waals surface area contributed by atoms with E-state index in [-0.39, 0.29) is 12.1 Å². The largest absolute Gasteiger partial charge is 0.497 e. The summed E-state index contributed by atoms with van der Waals surface area (Å²) in [5.41, 5.74) is 5.18. The van der Waals surface area contributed by atoms with E-state index in [9.17, 15) is 0 Å². The van der Waals surface area contributed by atoms with Crippen molar-refractivity contribution in [3.8, 4) is 17.2 Å². The standard InChI is InChI=1S/C27H26N4O2S/c1-18-9-11-19(12-10-18)30-16-6-8-23(30)26-25(21-7-4-5-15-28-21)29-27(34)31(26)22-14-13-20(32-2)17-24(22)33-3/h4-17,25-26H,1-3H3,(H,29,34). The number of hydrogen-bond donors (Lipinski definition) is 1. The number of methoxy groups -OCH3 is 2. The summed E-state index contributed by atoms with van der Waals surface area (Å²) in [7, 11) is 3.30. The van der Waals surface area contributed by atoms with Crippen LogP contribution in [0.5, 0.6) is 11.5 Å². The minimum Gasteiger partial charge on any atom is -0.497 e. The second-order valence-electron chi connectivity index (χ2n) is 8.17. The zero-order valence-electron chi connectivity index (χ0n) is 19.3. The molecule has 0 radical (unpaired) electrons. The van der Waals surface area contributed by atoms with Gasteiger partial charge in [0.25, 0.3) is 0 Å². The normalized spacial score (nSPS) is 17.5. The van der Waals surface area contributed by atoms with Gasteiger partial charge in [-0.25, -0.2) is 0 Å². The molecule has 0 aliphatic carbocycles. The SMILES string of the molecule is COc1ccc(N2C(=S)NC(c3ccccn3)C2c2cccn2-c2ccc(C)cc2)c(OC)c1. The lowest BCUT2D eigenvalue weighted by molar-refractivity contribution is 0.394. The summed E-state index contributed by atoms with van der Waals surface area (Å²) in [5, 5.41) is 4.13. The number of benzene rings is 2. The maximum atomic E-state index is 5.89. The lowest BCUT2D eigenvalue weighted by Gasteiger charge is -2.30. The van der Waals surface area contributed by atoms with Crippen molar-refractivity contribution in [3.05, 3.63) is 102 Å². The van der Waals surface area contributed by atoms with Gasteiger partial charge in [-0.2, -0.15) is 0 Å². The van der Waals surface area contributed by atoms with Crippen molar-refractivity contribution in [1.29, 1.82) is 0 Å². The van der Waals surface area contributed by atoms with Gasteiger partial charge in [-0.3, -0.25) is 4.98 Å². The minimum atomic E-state index is -0.166. The van der Waals surface area contributed by atoms with Crippen LogP contribution in [0, 0.1) is 6.92 Å². The van der Waals surface area contributed by atoms with E-state index in [1.54, 1.807) is 14.2 Å². The number of aryl methyl sites for hydroxylation is 1. The molecule has 1 aliphatic heterocycles. The van der Waals surface area contributed by atoms with Crippen molar-refractivity contribution >= 4 is 23.0 Å². The third kappa shape index (κ3) is 3.88. The van der Waals surface area contributed by atoms with Gasteiger partial charge in [0.05, 0.1) is 31.6 Å². The summed E-state index contributed by atoms with van der Waals surface area (Å²) < 4.78 is 13.4. The number of thiocarbonyl (C=S) groups is 1. The first-order chi connectivity index (χ1) is 16.6. The predicted octanol–water partition coefficient (Wildman–Crippen LogP) is 5.38. The summed E-state index contributed by atoms with van der Waals surface area (Å²) in [5.74, 6) is 1.41. The number of pyridine rings is 1. The van der Waals surface area contributed by atoms with Gasteiger partial charge < -0.3 is 24.3 Å². The van der Waals surface area contributed by atoms with E-state index in [2.05, 4.69) is 69.3 Å². The molecule has 7 heteroatoms. The monoisotopic (exact) mass is 470 g/mol. The Balaban J connectivity index is 1.68. The highest BCUT2D eigenvalue weighted by Crippen LogP contribution is 2.45. The molecule has 1 aliphatic rings. The second-order valence-corrected chi connectivity index (χ2v) is 8.56. The molecule has 1 saturated heterocycles. The Morgan fingerprint density at radius 1 is 0.941 bits per heavy atom. The molecule has 2 aromatic carbocycles. The fourth-order valence-corrected chi connectivity index (χ4v) is 4.81. The Kier molecular flexibility index (Phi) is 5.94. The molecule has 0 bridgehead atoms. The highest BCUT2D eigenvalue weighted by atomic mass is 32.1. The molecule has 3 heterocycles. The average Bonchev–Trinajstić information content (AvgIpc) is 3.49. The third-order valence-corrected chi connectivity index (χ3v) is 6.45. The molecule has 0 saturated carbocycles. The van der Waals surface area contributed by atoms with E-state index in [1.165, 1.54) is 5.56 Å². The molecule has 1 N–H and O–H groups in total. The van der Waals surface area contributed by atoms with Crippen molar-refractivity contribution in [3.63, 3.8) is 0 Å². The number of aromatic nitrogens is 2. The van der Waals surface area contributed by atoms with Gasteiger partial charge in [-0.1, -0.05) is 23.8 Å². The maximum absolute atomic E-state index is 5.89. The van der Waals surface area contributed by atoms with Crippen molar-refractivity contribution in [1.82, 2.24) is 14.9 Å². The highest BCUT2D eigenvalue weighted by Gasteiger charge is 2.43. The smallest absolute Gasteiger partial charge is 0.174 e. The molecule has 0 amide bonds. The van der Waals surface area contributed by atoms with E-state index < -0.39 is 0 Å². The van der Waals surface area contributed by atoms with Crippen LogP contribution in [0.4, 0.5) is 5.69 Å². The van der Waals surface area contributed by atoms with Crippen LogP contribution in [0.15, 0.2) is 85.2 Å². The van der Waals surface area contributed by atoms with Crippen molar-refractivity contribution in [2.45, 2.75) is 19.0 Å². The number of nitrogens with one attached hydrogen (secondary N) is 1. The fraction of sp³-hybridized carbons (Fsp3) is 0.185. The Bertz CT molecular complexity index is 1300. The third-order valence-electron chi connectivity index (χ3n) is 6.14. The molecule has 1 fully saturated rings. The molecule has 0 spiro atoms. The van der Waals surface area contributed by atoms with E-state index in [4.69, 9.17) is 21.7 Å². The van der Waals surface area contributed by atoms with Crippen molar-refractivity contribution in [2.75, 3.05) is 19.1 Å². The Hall–Kier alpha value is -3.84. The van der Waals surface area contributed by atoms with Crippen LogP contribution in [0.25, 0.3) is 5.69 Å². The van der Waals surface area contributed by atoms with Crippen LogP contribution < -0.4 is 19.7 Å². The van der Waals surface area contributed by atoms with Crippen molar-refractivity contribution in [2.24, 2.45) is 0 Å². The van der Waals surface area contributed by atoms with E-state index >= 15 is 0 Å². The summed E-state index contributed by atoms with van der Waals surface area (Å²) in [4.78, 5) is 6.78. The van der Waals surface area contributed by atoms with Gasteiger partial charge in [-0.05, 0) is 67.7 Å². The molecule has 172 valence electrons. The minimum absolute atomic E-state index is 0.153. The summed E-state index contributed by atoms with van der Waals surface area (Å²) in [6, 6.07) is 24.1. The average molecular weight is 471 g/mol. The van der Waals surface area contributed by atoms with Crippen molar-refractivity contribution < 1.29 is 9.47 Å². The molecular formula is C27H26N4O2S. The van der Waals surface area contributed by atoms with Gasteiger partial charge >= 0.3 is 0 Å². The number of rotatable bonds is 6. The quantitative estimate of drug-likeness (QED) is 0.382. The van der Waals surface area contributed by atoms with Gasteiger partial charge in [0.15, 0.2) is 5.11 Å². The molecule has 2 atom stereocenters. The summed E-state index contributed by atoms with van der Waals surface area (Å²) in [6.45, 7) is 2.09. The number of nitrogens with zero attached hydrogens (tertiary/aromatic N) is 3. The molecule has 2 aromatic heterocycles. The summed E-state index contributed by atoms with van der Waals surface area (Å²) in [6.07, 6.45) is 3.90. The Labute approximate surface area is 204 Å². The van der Waals surface area contributed by atoms with Gasteiger partial charge in [0.2, 0.25) is 0 Å². The molecule has 34 heavy (non-hydrogen) atoms. The zero-order valence-corrected chi connectivity index (χ0v) is 20.1. The Morgan fingerprint density at radius 2 is 1.76 bits per heavy atom. The first kappa shape index (κ1) is 22.0. The lowest BCUT2D eigenvalue weighted by Crippen LogP contribution is -2.30. The maximum Gasteiger partial charge on any atom is 0.174 e. The first-order valence-corrected chi connectivity index (χ1v) is 11.5. The van der Waals surface area contributed by atoms with Gasteiger partial charge in [0.1, 0.15) is 17.5 Å².